The Hall–Kier alpha value is -4.48. The lowest BCUT2D eigenvalue weighted by Crippen LogP contribution is -2.53. The van der Waals surface area contributed by atoms with E-state index in [-0.39, 0.29) is 35.9 Å². The highest BCUT2D eigenvalue weighted by Crippen LogP contribution is 2.31. The van der Waals surface area contributed by atoms with Crippen LogP contribution in [0.1, 0.15) is 36.8 Å². The number of rotatable bonds is 3. The van der Waals surface area contributed by atoms with Gasteiger partial charge in [-0.2, -0.15) is 5.10 Å². The Morgan fingerprint density at radius 2 is 1.89 bits per heavy atom. The Labute approximate surface area is 217 Å². The number of aryl methyl sites for hydroxylation is 2. The topological polar surface area (TPSA) is 114 Å². The van der Waals surface area contributed by atoms with E-state index in [1.165, 1.54) is 15.4 Å². The molecule has 0 atom stereocenters. The fourth-order valence-electron chi connectivity index (χ4n) is 4.48. The highest BCUT2D eigenvalue weighted by atomic mass is 19.1. The Balaban J connectivity index is 1.40. The molecule has 4 aromatic rings. The molecule has 1 aliphatic heterocycles. The monoisotopic (exact) mass is 521 g/mol. The largest absolute Gasteiger partial charge is 0.444 e. The number of nitrogens with zero attached hydrogens (tertiary/aromatic N) is 6. The highest BCUT2D eigenvalue weighted by Gasteiger charge is 2.32. The molecule has 0 aliphatic carbocycles. The maximum Gasteiger partial charge on any atom is 0.410 e. The summed E-state index contributed by atoms with van der Waals surface area (Å²) in [5, 5.41) is 7.79. The van der Waals surface area contributed by atoms with Crippen molar-refractivity contribution in [1.29, 1.82) is 0 Å². The molecule has 12 heteroatoms. The number of piperazine rings is 1. The Morgan fingerprint density at radius 3 is 2.61 bits per heavy atom. The van der Waals surface area contributed by atoms with Gasteiger partial charge in [-0.25, -0.2) is 14.2 Å². The number of halogens is 1. The SMILES string of the molecule is Cc1cn2cc(NC(=O)c3ccc(N4CCN(C(=O)OC(C)(C)C)CC4=O)c4cn(C)nc34)cc(F)c2n1. The van der Waals surface area contributed by atoms with Gasteiger partial charge in [0.15, 0.2) is 11.5 Å². The zero-order valence-electron chi connectivity index (χ0n) is 21.8. The van der Waals surface area contributed by atoms with Gasteiger partial charge in [0, 0.05) is 50.2 Å². The molecular weight excluding hydrogens is 493 g/mol. The van der Waals surface area contributed by atoms with Crippen molar-refractivity contribution in [1.82, 2.24) is 24.1 Å². The second-order valence-electron chi connectivity index (χ2n) is 10.3. The van der Waals surface area contributed by atoms with E-state index in [1.54, 1.807) is 75.0 Å². The van der Waals surface area contributed by atoms with Gasteiger partial charge in [0.2, 0.25) is 5.91 Å². The van der Waals surface area contributed by atoms with Crippen LogP contribution in [-0.2, 0) is 16.6 Å². The zero-order chi connectivity index (χ0) is 27.4. The summed E-state index contributed by atoms with van der Waals surface area (Å²) in [6.07, 6.45) is 4.45. The van der Waals surface area contributed by atoms with Gasteiger partial charge < -0.3 is 19.4 Å². The van der Waals surface area contributed by atoms with E-state index in [9.17, 15) is 18.8 Å². The summed E-state index contributed by atoms with van der Waals surface area (Å²) in [5.41, 5.74) is 1.67. The van der Waals surface area contributed by atoms with Crippen molar-refractivity contribution >= 4 is 45.8 Å². The average Bonchev–Trinajstić information content (AvgIpc) is 3.39. The number of anilines is 2. The van der Waals surface area contributed by atoms with Crippen LogP contribution in [0, 0.1) is 12.7 Å². The molecule has 38 heavy (non-hydrogen) atoms. The lowest BCUT2D eigenvalue weighted by molar-refractivity contribution is -0.121. The summed E-state index contributed by atoms with van der Waals surface area (Å²) in [4.78, 5) is 45.8. The second kappa shape index (κ2) is 9.12. The fraction of sp³-hybridized carbons (Fsp3) is 0.346. The number of pyridine rings is 1. The number of hydrogen-bond donors (Lipinski definition) is 1. The molecule has 1 N–H and O–H groups in total. The molecule has 1 fully saturated rings. The molecule has 198 valence electrons. The standard InChI is InChI=1S/C26H28FN7O4/c1-15-11-33-12-16(10-19(27)23(33)28-15)29-24(36)17-6-7-20(18-13-31(5)30-22(17)18)34-9-8-32(14-21(34)35)25(37)38-26(2,3)4/h6-7,10-13H,8-9,14H2,1-5H3,(H,29,36). The van der Waals surface area contributed by atoms with Gasteiger partial charge in [-0.3, -0.25) is 19.2 Å². The maximum atomic E-state index is 14.5. The third-order valence-electron chi connectivity index (χ3n) is 6.06. The minimum absolute atomic E-state index is 0.124. The molecular formula is C26H28FN7O4. The van der Waals surface area contributed by atoms with Crippen LogP contribution < -0.4 is 10.2 Å². The first-order valence-electron chi connectivity index (χ1n) is 12.1. The summed E-state index contributed by atoms with van der Waals surface area (Å²) >= 11 is 0. The average molecular weight is 522 g/mol. The van der Waals surface area contributed by atoms with E-state index < -0.39 is 23.4 Å². The van der Waals surface area contributed by atoms with Crippen molar-refractivity contribution in [3.63, 3.8) is 0 Å². The second-order valence-corrected chi connectivity index (χ2v) is 10.3. The smallest absolute Gasteiger partial charge is 0.410 e. The molecule has 0 saturated carbocycles. The molecule has 1 saturated heterocycles. The van der Waals surface area contributed by atoms with Gasteiger partial charge in [-0.05, 0) is 39.8 Å². The Morgan fingerprint density at radius 1 is 1.13 bits per heavy atom. The molecule has 0 radical (unpaired) electrons. The first-order valence-corrected chi connectivity index (χ1v) is 12.1. The zero-order valence-corrected chi connectivity index (χ0v) is 21.8. The Kier molecular flexibility index (Phi) is 6.04. The summed E-state index contributed by atoms with van der Waals surface area (Å²) in [6.45, 7) is 7.50. The number of imidazole rings is 1. The van der Waals surface area contributed by atoms with Gasteiger partial charge in [0.05, 0.1) is 22.6 Å². The first-order chi connectivity index (χ1) is 17.9. The van der Waals surface area contributed by atoms with Gasteiger partial charge >= 0.3 is 6.09 Å². The number of benzene rings is 1. The summed E-state index contributed by atoms with van der Waals surface area (Å²) < 4.78 is 23.0. The van der Waals surface area contributed by atoms with Crippen LogP contribution in [0.5, 0.6) is 0 Å². The number of amides is 3. The summed E-state index contributed by atoms with van der Waals surface area (Å²) in [5.74, 6) is -1.31. The minimum Gasteiger partial charge on any atom is -0.444 e. The molecule has 11 nitrogen and oxygen atoms in total. The summed E-state index contributed by atoms with van der Waals surface area (Å²) in [7, 11) is 1.72. The van der Waals surface area contributed by atoms with Gasteiger partial charge in [-0.1, -0.05) is 0 Å². The number of hydrogen-bond acceptors (Lipinski definition) is 6. The third-order valence-corrected chi connectivity index (χ3v) is 6.06. The first kappa shape index (κ1) is 25.2. The van der Waals surface area contributed by atoms with Crippen LogP contribution in [0.4, 0.5) is 20.6 Å². The quantitative estimate of drug-likeness (QED) is 0.441. The number of carbonyl (C=O) groups is 3. The van der Waals surface area contributed by atoms with Crippen molar-refractivity contribution in [2.24, 2.45) is 7.05 Å². The van der Waals surface area contributed by atoms with E-state index >= 15 is 0 Å². The van der Waals surface area contributed by atoms with Crippen molar-refractivity contribution in [2.75, 3.05) is 29.9 Å². The minimum atomic E-state index is -0.662. The molecule has 0 spiro atoms. The Bertz CT molecular complexity index is 1600. The number of fused-ring (bicyclic) bond motifs is 2. The molecule has 0 bridgehead atoms. The van der Waals surface area contributed by atoms with Crippen LogP contribution in [0.2, 0.25) is 0 Å². The van der Waals surface area contributed by atoms with Crippen LogP contribution >= 0.6 is 0 Å². The highest BCUT2D eigenvalue weighted by molar-refractivity contribution is 6.15. The molecule has 4 heterocycles. The van der Waals surface area contributed by atoms with Gasteiger partial charge in [0.25, 0.3) is 5.91 Å². The molecule has 3 amide bonds. The number of ether oxygens (including phenoxy) is 1. The summed E-state index contributed by atoms with van der Waals surface area (Å²) in [6, 6.07) is 4.49. The predicted molar refractivity (Wildman–Crippen MR) is 139 cm³/mol. The van der Waals surface area contributed by atoms with E-state index in [2.05, 4.69) is 15.4 Å². The fourth-order valence-corrected chi connectivity index (χ4v) is 4.48. The lowest BCUT2D eigenvalue weighted by Gasteiger charge is -2.35. The van der Waals surface area contributed by atoms with Crippen LogP contribution in [0.15, 0.2) is 36.8 Å². The normalized spacial score (nSPS) is 14.4. The van der Waals surface area contributed by atoms with Crippen LogP contribution in [0.3, 0.4) is 0 Å². The van der Waals surface area contributed by atoms with Crippen molar-refractivity contribution < 1.29 is 23.5 Å². The molecule has 1 aromatic carbocycles. The number of aromatic nitrogens is 4. The maximum absolute atomic E-state index is 14.5. The predicted octanol–water partition coefficient (Wildman–Crippen LogP) is 3.50. The van der Waals surface area contributed by atoms with Gasteiger partial charge in [-0.15, -0.1) is 0 Å². The van der Waals surface area contributed by atoms with Gasteiger partial charge in [0.1, 0.15) is 17.7 Å². The van der Waals surface area contributed by atoms with Crippen molar-refractivity contribution in [3.05, 3.63) is 53.9 Å². The van der Waals surface area contributed by atoms with Crippen LogP contribution in [-0.4, -0.2) is 67.2 Å². The molecule has 1 aliphatic rings. The van der Waals surface area contributed by atoms with Crippen molar-refractivity contribution in [2.45, 2.75) is 33.3 Å². The van der Waals surface area contributed by atoms with Crippen molar-refractivity contribution in [3.8, 4) is 0 Å². The molecule has 3 aromatic heterocycles. The third kappa shape index (κ3) is 4.76. The van der Waals surface area contributed by atoms with E-state index in [0.29, 0.717) is 28.8 Å². The molecule has 5 rings (SSSR count). The van der Waals surface area contributed by atoms with E-state index in [0.717, 1.165) is 0 Å². The van der Waals surface area contributed by atoms with E-state index in [4.69, 9.17) is 4.74 Å². The van der Waals surface area contributed by atoms with E-state index in [1.807, 2.05) is 0 Å². The lowest BCUT2D eigenvalue weighted by atomic mass is 10.1. The molecule has 0 unspecified atom stereocenters. The number of nitrogens with one attached hydrogen (secondary N) is 1. The van der Waals surface area contributed by atoms with Crippen LogP contribution in [0.25, 0.3) is 16.6 Å². The number of carbonyl (C=O) groups excluding carboxylic acids is 3.